The van der Waals surface area contributed by atoms with Crippen molar-refractivity contribution < 1.29 is 9.32 Å². The molecule has 0 aliphatic rings. The molecule has 3 nitrogen and oxygen atoms in total. The zero-order valence-corrected chi connectivity index (χ0v) is 13.4. The molecule has 0 bridgehead atoms. The highest BCUT2D eigenvalue weighted by Crippen LogP contribution is 2.37. The fraction of sp³-hybridized carbons (Fsp3) is 0. The van der Waals surface area contributed by atoms with Gasteiger partial charge in [0, 0.05) is 5.56 Å². The zero-order chi connectivity index (χ0) is 15.0. The van der Waals surface area contributed by atoms with E-state index in [1.807, 2.05) is 0 Å². The van der Waals surface area contributed by atoms with Crippen LogP contribution in [0.3, 0.4) is 0 Å². The van der Waals surface area contributed by atoms with Crippen LogP contribution in [0, 0.1) is 0 Å². The van der Waals surface area contributed by atoms with E-state index in [1.54, 1.807) is 29.6 Å². The Kier molecular flexibility index (Phi) is 4.04. The Labute approximate surface area is 139 Å². The van der Waals surface area contributed by atoms with E-state index in [0.717, 1.165) is 0 Å². The lowest BCUT2D eigenvalue weighted by atomic mass is 10.0. The molecule has 0 saturated carbocycles. The SMILES string of the molecule is O=C(c1conc1-c1c(Cl)cccc1Cl)c1sccc1Cl. The standard InChI is InChI=1S/C14H6Cl3NO2S/c15-8-2-1-3-9(16)11(8)12-7(6-20-18-12)13(19)14-10(17)4-5-21-14/h1-6H. The Balaban J connectivity index is 2.15. The van der Waals surface area contributed by atoms with E-state index in [0.29, 0.717) is 31.2 Å². The molecule has 7 heteroatoms. The van der Waals surface area contributed by atoms with Crippen LogP contribution in [-0.2, 0) is 0 Å². The van der Waals surface area contributed by atoms with Crippen LogP contribution in [0.15, 0.2) is 40.4 Å². The summed E-state index contributed by atoms with van der Waals surface area (Å²) in [7, 11) is 0. The Hall–Kier alpha value is -1.33. The molecule has 3 aromatic rings. The molecule has 3 rings (SSSR count). The maximum absolute atomic E-state index is 12.5. The van der Waals surface area contributed by atoms with E-state index < -0.39 is 0 Å². The summed E-state index contributed by atoms with van der Waals surface area (Å²) in [4.78, 5) is 13.0. The third-order valence-electron chi connectivity index (χ3n) is 2.84. The molecule has 0 fully saturated rings. The van der Waals surface area contributed by atoms with Crippen LogP contribution in [-0.4, -0.2) is 10.9 Å². The molecule has 0 N–H and O–H groups in total. The van der Waals surface area contributed by atoms with Gasteiger partial charge >= 0.3 is 0 Å². The molecule has 0 saturated heterocycles. The summed E-state index contributed by atoms with van der Waals surface area (Å²) >= 11 is 19.6. The molecule has 0 amide bonds. The molecule has 0 spiro atoms. The van der Waals surface area contributed by atoms with Gasteiger partial charge < -0.3 is 4.52 Å². The van der Waals surface area contributed by atoms with E-state index >= 15 is 0 Å². The number of carbonyl (C=O) groups is 1. The van der Waals surface area contributed by atoms with Gasteiger partial charge in [-0.1, -0.05) is 46.0 Å². The second-order valence-electron chi connectivity index (χ2n) is 4.10. The van der Waals surface area contributed by atoms with Crippen LogP contribution in [0.4, 0.5) is 0 Å². The molecule has 0 radical (unpaired) electrons. The van der Waals surface area contributed by atoms with Gasteiger partial charge in [-0.3, -0.25) is 4.79 Å². The van der Waals surface area contributed by atoms with E-state index in [1.165, 1.54) is 17.6 Å². The number of halogens is 3. The third kappa shape index (κ3) is 2.60. The second-order valence-corrected chi connectivity index (χ2v) is 6.24. The van der Waals surface area contributed by atoms with Gasteiger partial charge in [0.25, 0.3) is 0 Å². The molecule has 2 heterocycles. The van der Waals surface area contributed by atoms with Gasteiger partial charge in [-0.25, -0.2) is 0 Å². The summed E-state index contributed by atoms with van der Waals surface area (Å²) in [6.45, 7) is 0. The van der Waals surface area contributed by atoms with Crippen molar-refractivity contribution in [1.29, 1.82) is 0 Å². The lowest BCUT2D eigenvalue weighted by Crippen LogP contribution is -2.00. The summed E-state index contributed by atoms with van der Waals surface area (Å²) in [5.41, 5.74) is 1.04. The molecular weight excluding hydrogens is 353 g/mol. The minimum absolute atomic E-state index is 0.273. The van der Waals surface area contributed by atoms with E-state index in [4.69, 9.17) is 39.3 Å². The first-order chi connectivity index (χ1) is 10.1. The summed E-state index contributed by atoms with van der Waals surface area (Å²) in [6.07, 6.45) is 1.27. The first kappa shape index (κ1) is 14.6. The Morgan fingerprint density at radius 2 is 1.81 bits per heavy atom. The van der Waals surface area contributed by atoms with Crippen LogP contribution in [0.25, 0.3) is 11.3 Å². The van der Waals surface area contributed by atoms with Crippen molar-refractivity contribution in [3.8, 4) is 11.3 Å². The average Bonchev–Trinajstić information content (AvgIpc) is 3.07. The van der Waals surface area contributed by atoms with Crippen LogP contribution >= 0.6 is 46.1 Å². The smallest absolute Gasteiger partial charge is 0.210 e. The van der Waals surface area contributed by atoms with Crippen LogP contribution < -0.4 is 0 Å². The molecule has 21 heavy (non-hydrogen) atoms. The van der Waals surface area contributed by atoms with Gasteiger partial charge in [0.2, 0.25) is 5.78 Å². The number of rotatable bonds is 3. The Morgan fingerprint density at radius 1 is 1.10 bits per heavy atom. The Bertz CT molecular complexity index is 805. The molecule has 106 valence electrons. The van der Waals surface area contributed by atoms with Gasteiger partial charge in [-0.2, -0.15) is 0 Å². The molecule has 0 atom stereocenters. The number of hydrogen-bond donors (Lipinski definition) is 0. The fourth-order valence-corrected chi connectivity index (χ4v) is 3.55. The van der Waals surface area contributed by atoms with Gasteiger partial charge in [-0.05, 0) is 23.6 Å². The second kappa shape index (κ2) is 5.81. The van der Waals surface area contributed by atoms with Crippen molar-refractivity contribution in [3.05, 3.63) is 61.4 Å². The minimum atomic E-state index is -0.276. The van der Waals surface area contributed by atoms with Gasteiger partial charge in [0.05, 0.1) is 25.5 Å². The summed E-state index contributed by atoms with van der Waals surface area (Å²) < 4.78 is 4.94. The van der Waals surface area contributed by atoms with Crippen LogP contribution in [0.2, 0.25) is 15.1 Å². The highest BCUT2D eigenvalue weighted by Gasteiger charge is 2.24. The van der Waals surface area contributed by atoms with Crippen LogP contribution in [0.1, 0.15) is 15.2 Å². The summed E-state index contributed by atoms with van der Waals surface area (Å²) in [5.74, 6) is -0.276. The molecule has 1 aromatic carbocycles. The molecular formula is C14H6Cl3NO2S. The van der Waals surface area contributed by atoms with Gasteiger partial charge in [-0.15, -0.1) is 11.3 Å². The summed E-state index contributed by atoms with van der Waals surface area (Å²) in [5, 5.41) is 6.78. The molecule has 2 aromatic heterocycles. The highest BCUT2D eigenvalue weighted by atomic mass is 35.5. The molecule has 0 unspecified atom stereocenters. The molecule has 0 aliphatic heterocycles. The predicted molar refractivity (Wildman–Crippen MR) is 84.7 cm³/mol. The van der Waals surface area contributed by atoms with Crippen molar-refractivity contribution in [2.45, 2.75) is 0 Å². The first-order valence-corrected chi connectivity index (χ1v) is 7.77. The normalized spacial score (nSPS) is 10.8. The number of benzene rings is 1. The lowest BCUT2D eigenvalue weighted by Gasteiger charge is -2.05. The number of ketones is 1. The monoisotopic (exact) mass is 357 g/mol. The number of nitrogens with zero attached hydrogens (tertiary/aromatic N) is 1. The van der Waals surface area contributed by atoms with Crippen molar-refractivity contribution >= 4 is 51.9 Å². The number of aromatic nitrogens is 1. The third-order valence-corrected chi connectivity index (χ3v) is 4.81. The van der Waals surface area contributed by atoms with E-state index in [2.05, 4.69) is 5.16 Å². The maximum atomic E-state index is 12.5. The van der Waals surface area contributed by atoms with Gasteiger partial charge in [0.15, 0.2) is 0 Å². The fourth-order valence-electron chi connectivity index (χ4n) is 1.88. The zero-order valence-electron chi connectivity index (χ0n) is 10.3. The van der Waals surface area contributed by atoms with Gasteiger partial charge in [0.1, 0.15) is 12.0 Å². The summed E-state index contributed by atoms with van der Waals surface area (Å²) in [6, 6.07) is 6.72. The quantitative estimate of drug-likeness (QED) is 0.573. The first-order valence-electron chi connectivity index (χ1n) is 5.76. The number of carbonyl (C=O) groups excluding carboxylic acids is 1. The predicted octanol–water partition coefficient (Wildman–Crippen LogP) is 5.59. The van der Waals surface area contributed by atoms with Crippen molar-refractivity contribution in [2.75, 3.05) is 0 Å². The number of hydrogen-bond acceptors (Lipinski definition) is 4. The van der Waals surface area contributed by atoms with Crippen molar-refractivity contribution in [1.82, 2.24) is 5.16 Å². The maximum Gasteiger partial charge on any atom is 0.210 e. The highest BCUT2D eigenvalue weighted by molar-refractivity contribution is 7.13. The lowest BCUT2D eigenvalue weighted by molar-refractivity contribution is 0.104. The molecule has 0 aliphatic carbocycles. The Morgan fingerprint density at radius 3 is 2.43 bits per heavy atom. The average molecular weight is 359 g/mol. The topological polar surface area (TPSA) is 43.1 Å². The van der Waals surface area contributed by atoms with Crippen molar-refractivity contribution in [3.63, 3.8) is 0 Å². The van der Waals surface area contributed by atoms with Crippen molar-refractivity contribution in [2.24, 2.45) is 0 Å². The van der Waals surface area contributed by atoms with E-state index in [9.17, 15) is 4.79 Å². The number of thiophene rings is 1. The minimum Gasteiger partial charge on any atom is -0.363 e. The largest absolute Gasteiger partial charge is 0.363 e. The van der Waals surface area contributed by atoms with Crippen LogP contribution in [0.5, 0.6) is 0 Å². The van der Waals surface area contributed by atoms with E-state index in [-0.39, 0.29) is 11.3 Å².